The van der Waals surface area contributed by atoms with Gasteiger partial charge in [-0.3, -0.25) is 4.79 Å². The lowest BCUT2D eigenvalue weighted by Gasteiger charge is -2.23. The van der Waals surface area contributed by atoms with E-state index in [0.29, 0.717) is 5.69 Å². The summed E-state index contributed by atoms with van der Waals surface area (Å²) in [4.78, 5) is 24.6. The van der Waals surface area contributed by atoms with Crippen LogP contribution in [0.3, 0.4) is 0 Å². The molecule has 0 aliphatic rings. The van der Waals surface area contributed by atoms with Crippen molar-refractivity contribution in [2.75, 3.05) is 26.0 Å². The van der Waals surface area contributed by atoms with Crippen molar-refractivity contribution in [2.45, 2.75) is 31.1 Å². The number of amides is 1. The molecule has 0 fully saturated rings. The van der Waals surface area contributed by atoms with Gasteiger partial charge in [-0.1, -0.05) is 50.6 Å². The molecular formula is C21H25ClN2O5S. The first kappa shape index (κ1) is 23.9. The number of esters is 1. The summed E-state index contributed by atoms with van der Waals surface area (Å²) in [5.74, 6) is -1.41. The topological polar surface area (TPSA) is 92.8 Å². The average Bonchev–Trinajstić information content (AvgIpc) is 2.65. The monoisotopic (exact) mass is 452 g/mol. The summed E-state index contributed by atoms with van der Waals surface area (Å²) < 4.78 is 30.6. The summed E-state index contributed by atoms with van der Waals surface area (Å²) in [5, 5.41) is 2.76. The van der Waals surface area contributed by atoms with Crippen LogP contribution >= 0.6 is 11.6 Å². The van der Waals surface area contributed by atoms with Crippen molar-refractivity contribution in [3.8, 4) is 0 Å². The van der Waals surface area contributed by atoms with Gasteiger partial charge in [-0.25, -0.2) is 17.5 Å². The van der Waals surface area contributed by atoms with Crippen LogP contribution in [0.1, 0.15) is 36.7 Å². The second kappa shape index (κ2) is 9.16. The number of hydrogen-bond acceptors (Lipinski definition) is 5. The smallest absolute Gasteiger partial charge is 0.340 e. The Balaban J connectivity index is 2.13. The van der Waals surface area contributed by atoms with E-state index in [1.807, 2.05) is 32.9 Å². The summed E-state index contributed by atoms with van der Waals surface area (Å²) in [6.45, 7) is 5.52. The Hall–Kier alpha value is -2.42. The highest BCUT2D eigenvalue weighted by molar-refractivity contribution is 7.89. The van der Waals surface area contributed by atoms with Crippen molar-refractivity contribution in [1.29, 1.82) is 0 Å². The molecule has 0 saturated heterocycles. The number of para-hydroxylation sites is 1. The fourth-order valence-electron chi connectivity index (χ4n) is 2.67. The summed E-state index contributed by atoms with van der Waals surface area (Å²) >= 11 is 6.03. The van der Waals surface area contributed by atoms with Gasteiger partial charge in [0.1, 0.15) is 0 Å². The molecule has 0 radical (unpaired) electrons. The number of halogens is 1. The van der Waals surface area contributed by atoms with Crippen LogP contribution in [0.2, 0.25) is 5.02 Å². The van der Waals surface area contributed by atoms with Crippen molar-refractivity contribution in [1.82, 2.24) is 4.31 Å². The summed E-state index contributed by atoms with van der Waals surface area (Å²) in [6.07, 6.45) is 0. The van der Waals surface area contributed by atoms with E-state index in [-0.39, 0.29) is 20.9 Å². The Morgan fingerprint density at radius 3 is 2.33 bits per heavy atom. The van der Waals surface area contributed by atoms with Gasteiger partial charge in [-0.05, 0) is 35.2 Å². The third kappa shape index (κ3) is 5.59. The zero-order valence-electron chi connectivity index (χ0n) is 17.5. The Kier molecular flexibility index (Phi) is 7.28. The second-order valence-corrected chi connectivity index (χ2v) is 10.4. The van der Waals surface area contributed by atoms with E-state index in [9.17, 15) is 18.0 Å². The Morgan fingerprint density at radius 2 is 1.73 bits per heavy atom. The largest absolute Gasteiger partial charge is 0.452 e. The zero-order chi connectivity index (χ0) is 22.7. The van der Waals surface area contributed by atoms with Crippen molar-refractivity contribution >= 4 is 39.2 Å². The van der Waals surface area contributed by atoms with Gasteiger partial charge in [-0.15, -0.1) is 0 Å². The highest BCUT2D eigenvalue weighted by Gasteiger charge is 2.22. The van der Waals surface area contributed by atoms with Gasteiger partial charge in [0.2, 0.25) is 10.0 Å². The Labute approximate surface area is 182 Å². The van der Waals surface area contributed by atoms with E-state index < -0.39 is 28.5 Å². The second-order valence-electron chi connectivity index (χ2n) is 7.85. The molecule has 1 N–H and O–H groups in total. The highest BCUT2D eigenvalue weighted by atomic mass is 35.5. The maximum absolute atomic E-state index is 12.4. The SMILES string of the molecule is CN(C)S(=O)(=O)c1ccc(Cl)c(C(=O)OCC(=O)Nc2ccccc2C(C)(C)C)c1. The molecule has 0 spiro atoms. The van der Waals surface area contributed by atoms with Crippen LogP contribution in [0.25, 0.3) is 0 Å². The van der Waals surface area contributed by atoms with E-state index in [1.165, 1.54) is 26.2 Å². The van der Waals surface area contributed by atoms with Gasteiger partial charge in [0.05, 0.1) is 15.5 Å². The van der Waals surface area contributed by atoms with E-state index in [2.05, 4.69) is 5.32 Å². The van der Waals surface area contributed by atoms with Gasteiger partial charge in [-0.2, -0.15) is 0 Å². The highest BCUT2D eigenvalue weighted by Crippen LogP contribution is 2.29. The maximum Gasteiger partial charge on any atom is 0.340 e. The Bertz CT molecular complexity index is 1060. The fourth-order valence-corrected chi connectivity index (χ4v) is 3.80. The average molecular weight is 453 g/mol. The number of benzene rings is 2. The molecule has 0 saturated carbocycles. The molecular weight excluding hydrogens is 428 g/mol. The molecule has 0 atom stereocenters. The molecule has 0 aliphatic carbocycles. The summed E-state index contributed by atoms with van der Waals surface area (Å²) in [7, 11) is -0.999. The quantitative estimate of drug-likeness (QED) is 0.675. The van der Waals surface area contributed by atoms with Gasteiger partial charge in [0.25, 0.3) is 5.91 Å². The van der Waals surface area contributed by atoms with Crippen LogP contribution in [0.4, 0.5) is 5.69 Å². The first-order valence-corrected chi connectivity index (χ1v) is 10.9. The van der Waals surface area contributed by atoms with Crippen LogP contribution in [-0.4, -0.2) is 45.3 Å². The number of nitrogens with zero attached hydrogens (tertiary/aromatic N) is 1. The molecule has 30 heavy (non-hydrogen) atoms. The zero-order valence-corrected chi connectivity index (χ0v) is 19.1. The van der Waals surface area contributed by atoms with Crippen LogP contribution in [0.15, 0.2) is 47.4 Å². The minimum Gasteiger partial charge on any atom is -0.452 e. The van der Waals surface area contributed by atoms with Gasteiger partial charge in [0.15, 0.2) is 6.61 Å². The third-order valence-corrected chi connectivity index (χ3v) is 6.42. The van der Waals surface area contributed by atoms with Crippen molar-refractivity contribution < 1.29 is 22.7 Å². The molecule has 0 heterocycles. The number of rotatable bonds is 6. The third-order valence-electron chi connectivity index (χ3n) is 4.28. The van der Waals surface area contributed by atoms with Crippen LogP contribution in [0, 0.1) is 0 Å². The van der Waals surface area contributed by atoms with Gasteiger partial charge >= 0.3 is 5.97 Å². The van der Waals surface area contributed by atoms with E-state index >= 15 is 0 Å². The van der Waals surface area contributed by atoms with Crippen LogP contribution in [0.5, 0.6) is 0 Å². The molecule has 2 rings (SSSR count). The predicted molar refractivity (Wildman–Crippen MR) is 116 cm³/mol. The van der Waals surface area contributed by atoms with E-state index in [4.69, 9.17) is 16.3 Å². The number of anilines is 1. The number of hydrogen-bond donors (Lipinski definition) is 1. The van der Waals surface area contributed by atoms with Crippen LogP contribution in [-0.2, 0) is 25.0 Å². The standard InChI is InChI=1S/C21H25ClN2O5S/c1-21(2,3)16-8-6-7-9-18(16)23-19(25)13-29-20(26)15-12-14(10-11-17(15)22)30(27,28)24(4)5/h6-12H,13H2,1-5H3,(H,23,25). The number of carbonyl (C=O) groups excluding carboxylic acids is 2. The Morgan fingerprint density at radius 1 is 1.10 bits per heavy atom. The molecule has 0 aliphatic heterocycles. The van der Waals surface area contributed by atoms with Gasteiger partial charge < -0.3 is 10.1 Å². The van der Waals surface area contributed by atoms with Gasteiger partial charge in [0, 0.05) is 19.8 Å². The molecule has 2 aromatic carbocycles. The minimum absolute atomic E-state index is 0.0243. The molecule has 9 heteroatoms. The lowest BCUT2D eigenvalue weighted by atomic mass is 9.86. The first-order chi connectivity index (χ1) is 13.8. The van der Waals surface area contributed by atoms with Crippen molar-refractivity contribution in [2.24, 2.45) is 0 Å². The lowest BCUT2D eigenvalue weighted by molar-refractivity contribution is -0.119. The fraction of sp³-hybridized carbons (Fsp3) is 0.333. The number of sulfonamides is 1. The molecule has 1 amide bonds. The minimum atomic E-state index is -3.75. The number of nitrogens with one attached hydrogen (secondary N) is 1. The summed E-state index contributed by atoms with van der Waals surface area (Å²) in [5.41, 5.74) is 1.24. The molecule has 0 aromatic heterocycles. The van der Waals surface area contributed by atoms with Crippen LogP contribution < -0.4 is 5.32 Å². The summed E-state index contributed by atoms with van der Waals surface area (Å²) in [6, 6.07) is 11.1. The normalized spacial score (nSPS) is 12.0. The molecule has 0 bridgehead atoms. The predicted octanol–water partition coefficient (Wildman–Crippen LogP) is 3.68. The molecule has 7 nitrogen and oxygen atoms in total. The molecule has 2 aromatic rings. The maximum atomic E-state index is 12.4. The first-order valence-electron chi connectivity index (χ1n) is 9.12. The molecule has 0 unspecified atom stereocenters. The number of carbonyl (C=O) groups is 2. The number of ether oxygens (including phenoxy) is 1. The van der Waals surface area contributed by atoms with Crippen molar-refractivity contribution in [3.05, 3.63) is 58.6 Å². The van der Waals surface area contributed by atoms with E-state index in [1.54, 1.807) is 12.1 Å². The lowest BCUT2D eigenvalue weighted by Crippen LogP contribution is -2.24. The van der Waals surface area contributed by atoms with E-state index in [0.717, 1.165) is 15.9 Å². The van der Waals surface area contributed by atoms with Crippen molar-refractivity contribution in [3.63, 3.8) is 0 Å². The molecule has 162 valence electrons.